The molecule has 0 radical (unpaired) electrons. The highest BCUT2D eigenvalue weighted by Crippen LogP contribution is 2.37. The number of amides is 5. The second-order valence-corrected chi connectivity index (χ2v) is 23.4. The highest BCUT2D eigenvalue weighted by Gasteiger charge is 2.38. The number of piperidine rings is 2. The van der Waals surface area contributed by atoms with Gasteiger partial charge >= 0.3 is 18.2 Å². The Kier molecular flexibility index (Phi) is 18.7. The first-order chi connectivity index (χ1) is 42.9. The number of hydrogen-bond acceptors (Lipinski definition) is 16. The zero-order valence-electron chi connectivity index (χ0n) is 50.4. The van der Waals surface area contributed by atoms with Gasteiger partial charge in [-0.2, -0.15) is 10.5 Å². The molecule has 460 valence electrons. The fourth-order valence-corrected chi connectivity index (χ4v) is 10.5. The summed E-state index contributed by atoms with van der Waals surface area (Å²) in [6.07, 6.45) is 6.54. The average Bonchev–Trinajstić information content (AvgIpc) is 1.88. The first kappa shape index (κ1) is 63.1. The van der Waals surface area contributed by atoms with Crippen LogP contribution in [0.4, 0.5) is 21.2 Å². The summed E-state index contributed by atoms with van der Waals surface area (Å²) in [5.41, 5.74) is 10.6. The number of carbonyl (C=O) groups excluding carboxylic acids is 5. The van der Waals surface area contributed by atoms with E-state index in [1.807, 2.05) is 30.3 Å². The molecular weight excluding hydrogens is 1150 g/mol. The van der Waals surface area contributed by atoms with Crippen molar-refractivity contribution in [2.24, 2.45) is 5.73 Å². The first-order valence-corrected chi connectivity index (χ1v) is 28.9. The number of rotatable bonds is 12. The Hall–Kier alpha value is -11.4. The Balaban J connectivity index is 0.000000213. The summed E-state index contributed by atoms with van der Waals surface area (Å²) in [4.78, 5) is 98.0. The number of nitrogens with zero attached hydrogens (tertiary/aromatic N) is 10. The van der Waals surface area contributed by atoms with Gasteiger partial charge in [0.15, 0.2) is 23.0 Å². The van der Waals surface area contributed by atoms with E-state index >= 15 is 0 Å². The number of carbonyl (C=O) groups is 6. The molecule has 0 unspecified atom stereocenters. The lowest BCUT2D eigenvalue weighted by Crippen LogP contribution is -2.43. The van der Waals surface area contributed by atoms with Gasteiger partial charge in [-0.15, -0.1) is 0 Å². The lowest BCUT2D eigenvalue weighted by Gasteiger charge is -2.36. The van der Waals surface area contributed by atoms with Crippen LogP contribution in [0.3, 0.4) is 0 Å². The molecule has 2 fully saturated rings. The molecule has 24 nitrogen and oxygen atoms in total. The van der Waals surface area contributed by atoms with Crippen LogP contribution in [0.25, 0.3) is 44.8 Å². The van der Waals surface area contributed by atoms with Crippen LogP contribution >= 0.6 is 0 Å². The van der Waals surface area contributed by atoms with Crippen LogP contribution in [0.5, 0.6) is 0 Å². The Bertz CT molecular complexity index is 3830. The van der Waals surface area contributed by atoms with E-state index in [2.05, 4.69) is 37.7 Å². The summed E-state index contributed by atoms with van der Waals surface area (Å²) in [5, 5.41) is 33.7. The molecule has 9 N–H and O–H groups in total. The van der Waals surface area contributed by atoms with Gasteiger partial charge in [-0.05, 0) is 175 Å². The number of nitrogens with one attached hydrogen (secondary N) is 2. The van der Waals surface area contributed by atoms with Crippen molar-refractivity contribution in [1.29, 1.82) is 10.5 Å². The van der Waals surface area contributed by atoms with E-state index < -0.39 is 53.3 Å². The van der Waals surface area contributed by atoms with Crippen molar-refractivity contribution in [1.82, 2.24) is 39.1 Å². The topological polar surface area (TPSA) is 359 Å². The Labute approximate surface area is 518 Å². The highest BCUT2D eigenvalue weighted by molar-refractivity contribution is 6.05. The van der Waals surface area contributed by atoms with E-state index in [1.54, 1.807) is 155 Å². The van der Waals surface area contributed by atoms with E-state index in [9.17, 15) is 33.9 Å². The van der Waals surface area contributed by atoms with Crippen LogP contribution in [-0.2, 0) is 9.47 Å². The number of carboxylic acids is 1. The molecule has 0 spiro atoms. The highest BCUT2D eigenvalue weighted by atomic mass is 16.6. The molecular formula is C66H67N15O9. The summed E-state index contributed by atoms with van der Waals surface area (Å²) < 4.78 is 13.4. The van der Waals surface area contributed by atoms with Crippen molar-refractivity contribution in [3.8, 4) is 56.9 Å². The molecule has 2 atom stereocenters. The standard InChI is InChI=1S/C33H34N8O4.C33H33N7O5/c1-33(2,3)45-32(44)40-17-5-4-6-25(40)30-39-27(28(29(35)42)41(30)36)22-11-13-23(14-12-22)31(43)38-26-18-24(15-16-37-26)21-9-7-20(19-34)8-10-21;1-33(2,3)45-32(44)39-17-5-4-6-25(39)29-38-27(28(31(42)43)40(29)35)22-11-13-23(14-12-22)30(41)37-26-18-24(15-16-36-26)21-9-7-20(19-34)8-10-21/h7-16,18,25H,4-6,17,36H2,1-3H3,(H2,35,42)(H,37,38,43);7-16,18,25H,4-6,17,35H2,1-3H3,(H,42,43)(H,36,37,41)/t2*25-/m00/s1. The lowest BCUT2D eigenvalue weighted by molar-refractivity contribution is 0.00723. The molecule has 2 aliphatic heterocycles. The third kappa shape index (κ3) is 14.7. The smallest absolute Gasteiger partial charge is 0.410 e. The van der Waals surface area contributed by atoms with Gasteiger partial charge in [0.05, 0.1) is 35.3 Å². The Morgan fingerprint density at radius 1 is 0.533 bits per heavy atom. The molecule has 0 saturated carbocycles. The second kappa shape index (κ2) is 26.7. The van der Waals surface area contributed by atoms with Gasteiger partial charge in [-0.3, -0.25) is 24.2 Å². The van der Waals surface area contributed by atoms with Gasteiger partial charge in [-0.1, -0.05) is 48.5 Å². The van der Waals surface area contributed by atoms with Crippen LogP contribution in [0.2, 0.25) is 0 Å². The minimum Gasteiger partial charge on any atom is -0.476 e. The zero-order valence-corrected chi connectivity index (χ0v) is 50.4. The third-order valence-electron chi connectivity index (χ3n) is 14.7. The number of nitrogen functional groups attached to an aromatic ring is 2. The minimum absolute atomic E-state index is 0.0132. The summed E-state index contributed by atoms with van der Waals surface area (Å²) in [7, 11) is 0. The maximum atomic E-state index is 13.1. The summed E-state index contributed by atoms with van der Waals surface area (Å²) in [5.74, 6) is 11.1. The quantitative estimate of drug-likeness (QED) is 0.0619. The third-order valence-corrected chi connectivity index (χ3v) is 14.7. The lowest BCUT2D eigenvalue weighted by atomic mass is 10.0. The van der Waals surface area contributed by atoms with Crippen molar-refractivity contribution >= 4 is 47.5 Å². The number of aromatic nitrogens is 6. The van der Waals surface area contributed by atoms with Gasteiger partial charge < -0.3 is 42.6 Å². The van der Waals surface area contributed by atoms with Crippen molar-refractivity contribution in [2.75, 3.05) is 35.4 Å². The fourth-order valence-electron chi connectivity index (χ4n) is 10.5. The normalized spacial score (nSPS) is 14.8. The van der Waals surface area contributed by atoms with Crippen LogP contribution in [0.15, 0.2) is 134 Å². The van der Waals surface area contributed by atoms with Gasteiger partial charge in [0.25, 0.3) is 17.7 Å². The number of hydrogen-bond donors (Lipinski definition) is 6. The first-order valence-electron chi connectivity index (χ1n) is 28.9. The number of nitrogens with two attached hydrogens (primary N) is 3. The number of imidazole rings is 2. The zero-order chi connectivity index (χ0) is 64.6. The van der Waals surface area contributed by atoms with Crippen molar-refractivity contribution < 1.29 is 43.3 Å². The van der Waals surface area contributed by atoms with Crippen molar-refractivity contribution in [3.63, 3.8) is 0 Å². The fraction of sp³-hybridized carbons (Fsp3) is 0.273. The molecule has 0 aliphatic carbocycles. The Morgan fingerprint density at radius 2 is 0.900 bits per heavy atom. The number of primary amides is 1. The van der Waals surface area contributed by atoms with Crippen molar-refractivity contribution in [3.05, 3.63) is 179 Å². The molecule has 5 amide bonds. The number of likely N-dealkylation sites (tertiary alicyclic amines) is 2. The van der Waals surface area contributed by atoms with E-state index in [1.165, 1.54) is 0 Å². The number of ether oxygens (including phenoxy) is 2. The molecule has 10 rings (SSSR count). The molecule has 4 aromatic carbocycles. The number of aromatic carboxylic acids is 1. The molecule has 2 saturated heterocycles. The largest absolute Gasteiger partial charge is 0.476 e. The van der Waals surface area contributed by atoms with E-state index in [4.69, 9.17) is 42.4 Å². The monoisotopic (exact) mass is 1210 g/mol. The van der Waals surface area contributed by atoms with Crippen LogP contribution in [0.1, 0.15) is 157 Å². The Morgan fingerprint density at radius 3 is 1.26 bits per heavy atom. The maximum absolute atomic E-state index is 13.1. The predicted octanol–water partition coefficient (Wildman–Crippen LogP) is 10.6. The van der Waals surface area contributed by atoms with Crippen LogP contribution in [-0.4, -0.2) is 104 Å². The molecule has 4 aromatic heterocycles. The maximum Gasteiger partial charge on any atom is 0.410 e. The number of anilines is 2. The number of pyridine rings is 2. The van der Waals surface area contributed by atoms with Gasteiger partial charge in [0.2, 0.25) is 0 Å². The van der Waals surface area contributed by atoms with Crippen LogP contribution in [0, 0.1) is 22.7 Å². The number of carboxylic acid groups (broad SMARTS) is 1. The van der Waals surface area contributed by atoms with Gasteiger partial charge in [-0.25, -0.2) is 43.7 Å². The molecule has 6 heterocycles. The predicted molar refractivity (Wildman–Crippen MR) is 335 cm³/mol. The molecule has 8 aromatic rings. The molecule has 0 bridgehead atoms. The number of benzene rings is 4. The van der Waals surface area contributed by atoms with Crippen LogP contribution < -0.4 is 28.1 Å². The van der Waals surface area contributed by atoms with Gasteiger partial charge in [0.1, 0.15) is 34.2 Å². The van der Waals surface area contributed by atoms with Gasteiger partial charge in [0, 0.05) is 47.7 Å². The average molecular weight is 1210 g/mol. The molecule has 2 aliphatic rings. The minimum atomic E-state index is -1.28. The van der Waals surface area contributed by atoms with E-state index in [0.717, 1.165) is 57.3 Å². The van der Waals surface area contributed by atoms with Crippen molar-refractivity contribution in [2.45, 2.75) is 103 Å². The molecule has 90 heavy (non-hydrogen) atoms. The molecule has 24 heteroatoms. The SMILES string of the molecule is CC(C)(C)OC(=O)N1CCCC[C@H]1c1nc(-c2ccc(C(=O)Nc3cc(-c4ccc(C#N)cc4)ccn3)cc2)c(C(=O)O)n1N.CC(C)(C)OC(=O)N1CCCC[C@H]1c1nc(-c2ccc(C(=O)Nc3cc(-c4ccc(C#N)cc4)ccn3)cc2)c(C(N)=O)n1N. The van der Waals surface area contributed by atoms with E-state index in [0.29, 0.717) is 76.8 Å². The summed E-state index contributed by atoms with van der Waals surface area (Å²) in [6.45, 7) is 11.6. The number of nitriles is 2. The summed E-state index contributed by atoms with van der Waals surface area (Å²) in [6, 6.07) is 37.2. The summed E-state index contributed by atoms with van der Waals surface area (Å²) >= 11 is 0. The second-order valence-electron chi connectivity index (χ2n) is 23.4. The van der Waals surface area contributed by atoms with E-state index in [-0.39, 0.29) is 34.5 Å².